The summed E-state index contributed by atoms with van der Waals surface area (Å²) < 4.78 is 0. The lowest BCUT2D eigenvalue weighted by Crippen LogP contribution is -2.33. The fraction of sp³-hybridized carbons (Fsp3) is 0.471. The molecule has 1 aromatic carbocycles. The van der Waals surface area contributed by atoms with Crippen molar-refractivity contribution < 1.29 is 0 Å². The van der Waals surface area contributed by atoms with E-state index in [9.17, 15) is 0 Å². The summed E-state index contributed by atoms with van der Waals surface area (Å²) in [5, 5.41) is 7.11. The molecule has 0 unspecified atom stereocenters. The summed E-state index contributed by atoms with van der Waals surface area (Å²) in [6.07, 6.45) is 11.4. The Morgan fingerprint density at radius 1 is 1.15 bits per heavy atom. The Bertz CT molecular complexity index is 562. The van der Waals surface area contributed by atoms with Crippen LogP contribution in [0.15, 0.2) is 36.7 Å². The lowest BCUT2D eigenvalue weighted by Gasteiger charge is -2.28. The summed E-state index contributed by atoms with van der Waals surface area (Å²) in [4.78, 5) is 4.16. The van der Waals surface area contributed by atoms with Gasteiger partial charge in [-0.3, -0.25) is 4.98 Å². The summed E-state index contributed by atoms with van der Waals surface area (Å²) in [6.45, 7) is 0.979. The zero-order valence-corrected chi connectivity index (χ0v) is 12.8. The Kier molecular flexibility index (Phi) is 4.58. The van der Waals surface area contributed by atoms with Gasteiger partial charge in [0, 0.05) is 35.6 Å². The Morgan fingerprint density at radius 2 is 2.00 bits per heavy atom. The zero-order chi connectivity index (χ0) is 13.8. The molecule has 2 nitrogen and oxygen atoms in total. The van der Waals surface area contributed by atoms with Crippen LogP contribution in [-0.4, -0.2) is 22.5 Å². The van der Waals surface area contributed by atoms with Gasteiger partial charge in [0.2, 0.25) is 0 Å². The molecule has 1 aromatic heterocycles. The Hall–Kier alpha value is -1.06. The van der Waals surface area contributed by atoms with E-state index in [1.807, 2.05) is 24.2 Å². The maximum Gasteiger partial charge on any atom is 0.0346 e. The van der Waals surface area contributed by atoms with Crippen molar-refractivity contribution in [1.82, 2.24) is 10.3 Å². The van der Waals surface area contributed by atoms with Crippen LogP contribution < -0.4 is 5.32 Å². The topological polar surface area (TPSA) is 24.9 Å². The van der Waals surface area contributed by atoms with E-state index in [4.69, 9.17) is 0 Å². The van der Waals surface area contributed by atoms with E-state index in [1.165, 1.54) is 42.0 Å². The number of hydrogen-bond donors (Lipinski definition) is 1. The van der Waals surface area contributed by atoms with Crippen molar-refractivity contribution in [1.29, 1.82) is 0 Å². The van der Waals surface area contributed by atoms with Crippen LogP contribution in [0.25, 0.3) is 10.8 Å². The number of nitrogens with zero attached hydrogens (tertiary/aromatic N) is 1. The predicted octanol–water partition coefficient (Wildman–Crippen LogP) is 4.00. The SMILES string of the molecule is CSC1CCC(NCc2ccc3cnccc3c2)CC1. The number of nitrogens with one attached hydrogen (secondary N) is 1. The average molecular weight is 286 g/mol. The number of hydrogen-bond acceptors (Lipinski definition) is 3. The van der Waals surface area contributed by atoms with Crippen LogP contribution in [0, 0.1) is 0 Å². The predicted molar refractivity (Wildman–Crippen MR) is 88.1 cm³/mol. The van der Waals surface area contributed by atoms with Crippen molar-refractivity contribution in [3.05, 3.63) is 42.2 Å². The highest BCUT2D eigenvalue weighted by Gasteiger charge is 2.19. The van der Waals surface area contributed by atoms with Crippen molar-refractivity contribution in [3.8, 4) is 0 Å². The lowest BCUT2D eigenvalue weighted by molar-refractivity contribution is 0.379. The molecule has 20 heavy (non-hydrogen) atoms. The van der Waals surface area contributed by atoms with Gasteiger partial charge in [0.05, 0.1) is 0 Å². The molecule has 0 amide bonds. The molecule has 0 radical (unpaired) electrons. The molecule has 0 bridgehead atoms. The minimum absolute atomic E-state index is 0.700. The van der Waals surface area contributed by atoms with Crippen LogP contribution in [0.3, 0.4) is 0 Å². The first kappa shape index (κ1) is 13.9. The molecule has 0 spiro atoms. The van der Waals surface area contributed by atoms with E-state index >= 15 is 0 Å². The second-order valence-corrected chi connectivity index (χ2v) is 6.79. The zero-order valence-electron chi connectivity index (χ0n) is 12.0. The third kappa shape index (κ3) is 3.33. The minimum Gasteiger partial charge on any atom is -0.310 e. The molecule has 1 saturated carbocycles. The normalized spacial score (nSPS) is 23.1. The number of benzene rings is 1. The number of aromatic nitrogens is 1. The van der Waals surface area contributed by atoms with Crippen molar-refractivity contribution in [3.63, 3.8) is 0 Å². The average Bonchev–Trinajstić information content (AvgIpc) is 2.53. The maximum absolute atomic E-state index is 4.16. The molecule has 1 fully saturated rings. The molecule has 106 valence electrons. The van der Waals surface area contributed by atoms with Crippen molar-refractivity contribution >= 4 is 22.5 Å². The van der Waals surface area contributed by atoms with E-state index in [1.54, 1.807) is 0 Å². The highest BCUT2D eigenvalue weighted by Crippen LogP contribution is 2.27. The summed E-state index contributed by atoms with van der Waals surface area (Å²) in [5.74, 6) is 0. The Balaban J connectivity index is 1.57. The Labute approximate surface area is 125 Å². The minimum atomic E-state index is 0.700. The van der Waals surface area contributed by atoms with Gasteiger partial charge < -0.3 is 5.32 Å². The summed E-state index contributed by atoms with van der Waals surface area (Å²) in [7, 11) is 0. The second kappa shape index (κ2) is 6.59. The standard InChI is InChI=1S/C17H22N2S/c1-20-17-6-4-16(5-7-17)19-11-13-2-3-15-12-18-9-8-14(15)10-13/h2-3,8-10,12,16-17,19H,4-7,11H2,1H3. The van der Waals surface area contributed by atoms with Crippen molar-refractivity contribution in [2.75, 3.05) is 6.26 Å². The van der Waals surface area contributed by atoms with Crippen LogP contribution in [0.1, 0.15) is 31.2 Å². The molecule has 2 aromatic rings. The molecule has 1 aliphatic rings. The van der Waals surface area contributed by atoms with Crippen LogP contribution in [0.2, 0.25) is 0 Å². The Morgan fingerprint density at radius 3 is 2.80 bits per heavy atom. The summed E-state index contributed by atoms with van der Waals surface area (Å²) in [5.41, 5.74) is 1.37. The highest BCUT2D eigenvalue weighted by atomic mass is 32.2. The fourth-order valence-electron chi connectivity index (χ4n) is 3.01. The molecule has 1 N–H and O–H groups in total. The van der Waals surface area contributed by atoms with Gasteiger partial charge in [-0.2, -0.15) is 11.8 Å². The van der Waals surface area contributed by atoms with Gasteiger partial charge in [0.1, 0.15) is 0 Å². The number of fused-ring (bicyclic) bond motifs is 1. The fourth-order valence-corrected chi connectivity index (χ4v) is 3.75. The van der Waals surface area contributed by atoms with Crippen LogP contribution in [-0.2, 0) is 6.54 Å². The van der Waals surface area contributed by atoms with Gasteiger partial charge in [-0.05, 0) is 55.0 Å². The van der Waals surface area contributed by atoms with Crippen LogP contribution >= 0.6 is 11.8 Å². The molecule has 0 aliphatic heterocycles. The molecule has 0 atom stereocenters. The first-order chi connectivity index (χ1) is 9.85. The molecule has 3 heteroatoms. The molecule has 1 aliphatic carbocycles. The van der Waals surface area contributed by atoms with Gasteiger partial charge in [-0.15, -0.1) is 0 Å². The third-order valence-corrected chi connectivity index (χ3v) is 5.45. The lowest BCUT2D eigenvalue weighted by atomic mass is 9.95. The van der Waals surface area contributed by atoms with Crippen molar-refractivity contribution in [2.45, 2.75) is 43.5 Å². The van der Waals surface area contributed by atoms with Crippen molar-refractivity contribution in [2.24, 2.45) is 0 Å². The summed E-state index contributed by atoms with van der Waals surface area (Å²) in [6, 6.07) is 9.45. The van der Waals surface area contributed by atoms with E-state index in [0.717, 1.165) is 11.8 Å². The number of pyridine rings is 1. The maximum atomic E-state index is 4.16. The van der Waals surface area contributed by atoms with E-state index < -0.39 is 0 Å². The summed E-state index contributed by atoms with van der Waals surface area (Å²) >= 11 is 2.03. The van der Waals surface area contributed by atoms with Gasteiger partial charge in [0.25, 0.3) is 0 Å². The monoisotopic (exact) mass is 286 g/mol. The van der Waals surface area contributed by atoms with Gasteiger partial charge >= 0.3 is 0 Å². The second-order valence-electron chi connectivity index (χ2n) is 5.65. The first-order valence-electron chi connectivity index (χ1n) is 7.44. The molecule has 1 heterocycles. The van der Waals surface area contributed by atoms with Gasteiger partial charge in [0.15, 0.2) is 0 Å². The number of rotatable bonds is 4. The molecule has 0 saturated heterocycles. The van der Waals surface area contributed by atoms with Crippen LogP contribution in [0.4, 0.5) is 0 Å². The first-order valence-corrected chi connectivity index (χ1v) is 8.73. The highest BCUT2D eigenvalue weighted by molar-refractivity contribution is 7.99. The smallest absolute Gasteiger partial charge is 0.0346 e. The molecular formula is C17H22N2S. The quantitative estimate of drug-likeness (QED) is 0.919. The molecular weight excluding hydrogens is 264 g/mol. The number of thioether (sulfide) groups is 1. The van der Waals surface area contributed by atoms with E-state index in [2.05, 4.69) is 40.8 Å². The van der Waals surface area contributed by atoms with Crippen LogP contribution in [0.5, 0.6) is 0 Å². The largest absolute Gasteiger partial charge is 0.310 e. The molecule has 3 rings (SSSR count). The van der Waals surface area contributed by atoms with Gasteiger partial charge in [-0.25, -0.2) is 0 Å². The van der Waals surface area contributed by atoms with E-state index in [0.29, 0.717) is 6.04 Å². The van der Waals surface area contributed by atoms with E-state index in [-0.39, 0.29) is 0 Å². The van der Waals surface area contributed by atoms with Gasteiger partial charge in [-0.1, -0.05) is 12.1 Å². The third-order valence-electron chi connectivity index (χ3n) is 4.31.